The Morgan fingerprint density at radius 3 is 2.83 bits per heavy atom. The van der Waals surface area contributed by atoms with E-state index in [1.807, 2.05) is 0 Å². The quantitative estimate of drug-likeness (QED) is 0.608. The molecule has 0 amide bonds. The van der Waals surface area contributed by atoms with Gasteiger partial charge in [-0.05, 0) is 48.5 Å². The SMILES string of the molecule is Cc1cc(OC2CCCCO2)cc2c1C(CS(=O)(=O)O)OB2O. The number of hydrogen-bond donors (Lipinski definition) is 2. The highest BCUT2D eigenvalue weighted by molar-refractivity contribution is 7.85. The molecular weight excluding hydrogens is 323 g/mol. The van der Waals surface area contributed by atoms with Crippen LogP contribution in [0.4, 0.5) is 0 Å². The van der Waals surface area contributed by atoms with E-state index in [-0.39, 0.29) is 6.29 Å². The van der Waals surface area contributed by atoms with Gasteiger partial charge in [-0.1, -0.05) is 0 Å². The maximum atomic E-state index is 11.1. The van der Waals surface area contributed by atoms with Crippen LogP contribution in [-0.4, -0.2) is 43.8 Å². The second-order valence-electron chi connectivity index (χ2n) is 5.88. The highest BCUT2D eigenvalue weighted by Crippen LogP contribution is 2.31. The number of rotatable bonds is 4. The van der Waals surface area contributed by atoms with Gasteiger partial charge >= 0.3 is 7.12 Å². The zero-order chi connectivity index (χ0) is 16.6. The fourth-order valence-electron chi connectivity index (χ4n) is 3.07. The fraction of sp³-hybridized carbons (Fsp3) is 0.571. The zero-order valence-corrected chi connectivity index (χ0v) is 13.6. The smallest absolute Gasteiger partial charge is 0.465 e. The number of fused-ring (bicyclic) bond motifs is 1. The Morgan fingerprint density at radius 2 is 2.17 bits per heavy atom. The minimum absolute atomic E-state index is 0.311. The normalized spacial score (nSPS) is 24.6. The predicted molar refractivity (Wildman–Crippen MR) is 83.2 cm³/mol. The third kappa shape index (κ3) is 3.86. The summed E-state index contributed by atoms with van der Waals surface area (Å²) >= 11 is 0. The van der Waals surface area contributed by atoms with Crippen LogP contribution in [0, 0.1) is 6.92 Å². The molecule has 3 rings (SSSR count). The molecule has 2 atom stereocenters. The van der Waals surface area contributed by atoms with Crippen molar-refractivity contribution in [1.82, 2.24) is 0 Å². The molecule has 0 aromatic heterocycles. The number of ether oxygens (including phenoxy) is 2. The maximum absolute atomic E-state index is 11.1. The molecule has 2 unspecified atom stereocenters. The van der Waals surface area contributed by atoms with Gasteiger partial charge in [-0.2, -0.15) is 8.42 Å². The molecule has 0 saturated carbocycles. The summed E-state index contributed by atoms with van der Waals surface area (Å²) in [5, 5.41) is 10.0. The summed E-state index contributed by atoms with van der Waals surface area (Å²) in [6, 6.07) is 3.39. The molecule has 7 nitrogen and oxygen atoms in total. The molecule has 0 spiro atoms. The van der Waals surface area contributed by atoms with Crippen molar-refractivity contribution in [3.63, 3.8) is 0 Å². The predicted octanol–water partition coefficient (Wildman–Crippen LogP) is 0.547. The molecule has 9 heteroatoms. The van der Waals surface area contributed by atoms with Gasteiger partial charge in [-0.25, -0.2) is 0 Å². The Morgan fingerprint density at radius 1 is 1.39 bits per heavy atom. The maximum Gasteiger partial charge on any atom is 0.492 e. The monoisotopic (exact) mass is 342 g/mol. The second kappa shape index (κ2) is 6.41. The number of aryl methyl sites for hydroxylation is 1. The summed E-state index contributed by atoms with van der Waals surface area (Å²) in [5.41, 5.74) is 1.77. The first-order chi connectivity index (χ1) is 10.8. The van der Waals surface area contributed by atoms with Crippen molar-refractivity contribution in [2.75, 3.05) is 12.4 Å². The molecule has 2 aliphatic heterocycles. The molecule has 126 valence electrons. The molecular formula is C14H19BO7S. The van der Waals surface area contributed by atoms with Crippen molar-refractivity contribution in [3.05, 3.63) is 23.3 Å². The Balaban J connectivity index is 1.85. The first-order valence-electron chi connectivity index (χ1n) is 7.55. The molecule has 1 aromatic carbocycles. The summed E-state index contributed by atoms with van der Waals surface area (Å²) in [4.78, 5) is 0. The Hall–Kier alpha value is -1.13. The van der Waals surface area contributed by atoms with E-state index in [1.165, 1.54) is 0 Å². The van der Waals surface area contributed by atoms with Crippen molar-refractivity contribution < 1.29 is 32.1 Å². The standard InChI is InChI=1S/C14H19BO7S/c1-9-6-10(21-13-4-2-3-5-20-13)7-11-14(9)12(22-15(11)16)8-23(17,18)19/h6-7,12-13,16H,2-5,8H2,1H3,(H,17,18,19). The van der Waals surface area contributed by atoms with Gasteiger partial charge in [0.15, 0.2) is 6.29 Å². The fourth-order valence-corrected chi connectivity index (χ4v) is 3.70. The molecule has 23 heavy (non-hydrogen) atoms. The highest BCUT2D eigenvalue weighted by atomic mass is 32.2. The first-order valence-corrected chi connectivity index (χ1v) is 9.16. The molecule has 1 saturated heterocycles. The van der Waals surface area contributed by atoms with E-state index < -0.39 is 29.1 Å². The van der Waals surface area contributed by atoms with Crippen molar-refractivity contribution >= 4 is 22.7 Å². The Kier molecular flexibility index (Phi) is 4.66. The van der Waals surface area contributed by atoms with Gasteiger partial charge in [-0.15, -0.1) is 0 Å². The van der Waals surface area contributed by atoms with E-state index in [4.69, 9.17) is 18.7 Å². The molecule has 2 aliphatic rings. The topological polar surface area (TPSA) is 102 Å². The van der Waals surface area contributed by atoms with Gasteiger partial charge in [0.1, 0.15) is 11.5 Å². The van der Waals surface area contributed by atoms with Crippen LogP contribution in [0.5, 0.6) is 5.75 Å². The van der Waals surface area contributed by atoms with Crippen molar-refractivity contribution in [2.24, 2.45) is 0 Å². The van der Waals surface area contributed by atoms with E-state index >= 15 is 0 Å². The van der Waals surface area contributed by atoms with Crippen LogP contribution in [0.1, 0.15) is 36.5 Å². The third-order valence-electron chi connectivity index (χ3n) is 4.04. The van der Waals surface area contributed by atoms with Crippen LogP contribution in [0.15, 0.2) is 12.1 Å². The van der Waals surface area contributed by atoms with E-state index in [0.29, 0.717) is 23.4 Å². The van der Waals surface area contributed by atoms with Gasteiger partial charge in [-0.3, -0.25) is 4.55 Å². The molecule has 0 aliphatic carbocycles. The lowest BCUT2D eigenvalue weighted by Crippen LogP contribution is -2.30. The van der Waals surface area contributed by atoms with E-state index in [1.54, 1.807) is 19.1 Å². The van der Waals surface area contributed by atoms with Crippen LogP contribution < -0.4 is 10.2 Å². The van der Waals surface area contributed by atoms with Crippen molar-refractivity contribution in [3.8, 4) is 5.75 Å². The van der Waals surface area contributed by atoms with Crippen LogP contribution in [0.2, 0.25) is 0 Å². The van der Waals surface area contributed by atoms with Gasteiger partial charge < -0.3 is 19.2 Å². The second-order valence-corrected chi connectivity index (χ2v) is 7.38. The van der Waals surface area contributed by atoms with Crippen molar-refractivity contribution in [1.29, 1.82) is 0 Å². The van der Waals surface area contributed by atoms with Gasteiger partial charge in [0, 0.05) is 6.42 Å². The van der Waals surface area contributed by atoms with Gasteiger partial charge in [0.25, 0.3) is 10.1 Å². The Labute approximate surface area is 135 Å². The minimum atomic E-state index is -4.21. The minimum Gasteiger partial charge on any atom is -0.465 e. The molecule has 1 fully saturated rings. The van der Waals surface area contributed by atoms with Crippen LogP contribution in [0.3, 0.4) is 0 Å². The van der Waals surface area contributed by atoms with Crippen LogP contribution in [0.25, 0.3) is 0 Å². The highest BCUT2D eigenvalue weighted by Gasteiger charge is 2.39. The summed E-state index contributed by atoms with van der Waals surface area (Å²) in [7, 11) is -5.45. The molecule has 2 N–H and O–H groups in total. The lowest BCUT2D eigenvalue weighted by atomic mass is 9.78. The average Bonchev–Trinajstić information content (AvgIpc) is 2.74. The van der Waals surface area contributed by atoms with E-state index in [2.05, 4.69) is 0 Å². The summed E-state index contributed by atoms with van der Waals surface area (Å²) in [6.07, 6.45) is 1.66. The summed E-state index contributed by atoms with van der Waals surface area (Å²) in [6.45, 7) is 2.45. The lowest BCUT2D eigenvalue weighted by Gasteiger charge is -2.24. The third-order valence-corrected chi connectivity index (χ3v) is 4.76. The summed E-state index contributed by atoms with van der Waals surface area (Å²) in [5.74, 6) is -0.0487. The van der Waals surface area contributed by atoms with E-state index in [9.17, 15) is 13.4 Å². The average molecular weight is 342 g/mol. The summed E-state index contributed by atoms with van der Waals surface area (Å²) < 4.78 is 47.8. The van der Waals surface area contributed by atoms with Crippen LogP contribution in [-0.2, 0) is 19.5 Å². The van der Waals surface area contributed by atoms with Gasteiger partial charge in [0.2, 0.25) is 0 Å². The first kappa shape index (κ1) is 16.7. The molecule has 0 radical (unpaired) electrons. The number of benzene rings is 1. The van der Waals surface area contributed by atoms with Crippen molar-refractivity contribution in [2.45, 2.75) is 38.6 Å². The molecule has 1 aromatic rings. The van der Waals surface area contributed by atoms with Crippen LogP contribution >= 0.6 is 0 Å². The molecule has 2 heterocycles. The largest absolute Gasteiger partial charge is 0.492 e. The van der Waals surface area contributed by atoms with E-state index in [0.717, 1.165) is 24.8 Å². The zero-order valence-electron chi connectivity index (χ0n) is 12.8. The number of hydrogen-bond acceptors (Lipinski definition) is 6. The molecule has 0 bridgehead atoms. The lowest BCUT2D eigenvalue weighted by molar-refractivity contribution is -0.105. The van der Waals surface area contributed by atoms with Gasteiger partial charge in [0.05, 0.1) is 12.7 Å². The Bertz CT molecular complexity index is 685.